The molecule has 0 fully saturated rings. The summed E-state index contributed by atoms with van der Waals surface area (Å²) >= 11 is 0. The lowest BCUT2D eigenvalue weighted by Gasteiger charge is -2.01. The summed E-state index contributed by atoms with van der Waals surface area (Å²) in [5.74, 6) is 0. The molecule has 0 radical (unpaired) electrons. The number of hydrogen-bond donors (Lipinski definition) is 0. The topological polar surface area (TPSA) is 25.2 Å². The zero-order chi connectivity index (χ0) is 9.52. The highest BCUT2D eigenvalue weighted by atomic mass is 14.7. The van der Waals surface area contributed by atoms with Crippen molar-refractivity contribution in [2.24, 2.45) is 4.99 Å². The van der Waals surface area contributed by atoms with E-state index in [0.29, 0.717) is 0 Å². The summed E-state index contributed by atoms with van der Waals surface area (Å²) in [6, 6.07) is 4.03. The van der Waals surface area contributed by atoms with E-state index < -0.39 is 0 Å². The van der Waals surface area contributed by atoms with Gasteiger partial charge in [-0.1, -0.05) is 12.1 Å². The second-order valence-electron chi connectivity index (χ2n) is 2.76. The minimum absolute atomic E-state index is 0.965. The van der Waals surface area contributed by atoms with Gasteiger partial charge in [-0.3, -0.25) is 9.98 Å². The molecular formula is C11H14N2. The maximum absolute atomic E-state index is 4.24. The van der Waals surface area contributed by atoms with E-state index in [4.69, 9.17) is 0 Å². The quantitative estimate of drug-likeness (QED) is 0.507. The molecule has 0 amide bonds. The number of rotatable bonds is 4. The minimum atomic E-state index is 0.965. The molecule has 0 atom stereocenters. The van der Waals surface area contributed by atoms with Crippen molar-refractivity contribution in [1.82, 2.24) is 4.98 Å². The molecule has 1 aromatic heterocycles. The normalized spacial score (nSPS) is 10.5. The van der Waals surface area contributed by atoms with Crippen LogP contribution < -0.4 is 0 Å². The monoisotopic (exact) mass is 174 g/mol. The number of nitrogens with zero attached hydrogens (tertiary/aromatic N) is 2. The fourth-order valence-electron chi connectivity index (χ4n) is 1.16. The zero-order valence-electron chi connectivity index (χ0n) is 7.90. The van der Waals surface area contributed by atoms with Gasteiger partial charge >= 0.3 is 0 Å². The lowest BCUT2D eigenvalue weighted by molar-refractivity contribution is 0.985. The average Bonchev–Trinajstić information content (AvgIpc) is 2.17. The molecule has 1 aromatic rings. The van der Waals surface area contributed by atoms with Crippen LogP contribution in [0.1, 0.15) is 17.7 Å². The summed E-state index contributed by atoms with van der Waals surface area (Å²) in [5.41, 5.74) is 2.19. The van der Waals surface area contributed by atoms with Gasteiger partial charge in [-0.05, 0) is 24.5 Å². The summed E-state index contributed by atoms with van der Waals surface area (Å²) in [6.45, 7) is 3.70. The summed E-state index contributed by atoms with van der Waals surface area (Å²) in [5, 5.41) is 0. The third-order valence-corrected chi connectivity index (χ3v) is 1.80. The Kier molecular flexibility index (Phi) is 3.89. The van der Waals surface area contributed by atoms with Gasteiger partial charge in [-0.2, -0.15) is 0 Å². The summed E-state index contributed by atoms with van der Waals surface area (Å²) in [7, 11) is 1.76. The van der Waals surface area contributed by atoms with Crippen LogP contribution in [-0.2, 0) is 6.42 Å². The third-order valence-electron chi connectivity index (χ3n) is 1.80. The molecule has 2 heteroatoms. The van der Waals surface area contributed by atoms with Crippen molar-refractivity contribution in [2.45, 2.75) is 12.8 Å². The van der Waals surface area contributed by atoms with Gasteiger partial charge in [0.1, 0.15) is 0 Å². The highest BCUT2D eigenvalue weighted by Crippen LogP contribution is 2.06. The van der Waals surface area contributed by atoms with Crippen molar-refractivity contribution in [3.05, 3.63) is 42.2 Å². The predicted molar refractivity (Wildman–Crippen MR) is 56.3 cm³/mol. The van der Waals surface area contributed by atoms with Crippen LogP contribution in [0.4, 0.5) is 0 Å². The molecular weight excluding hydrogens is 160 g/mol. The van der Waals surface area contributed by atoms with Gasteiger partial charge in [0.05, 0.1) is 5.69 Å². The first kappa shape index (κ1) is 9.65. The lowest BCUT2D eigenvalue weighted by atomic mass is 10.1. The fraction of sp³-hybridized carbons (Fsp3) is 0.273. The van der Waals surface area contributed by atoms with E-state index in [1.54, 1.807) is 19.5 Å². The molecule has 0 aliphatic carbocycles. The van der Waals surface area contributed by atoms with Crippen LogP contribution in [0.25, 0.3) is 0 Å². The molecule has 1 rings (SSSR count). The Bertz CT molecular complexity index is 303. The predicted octanol–water partition coefficient (Wildman–Crippen LogP) is 2.25. The number of aromatic nitrogens is 1. The van der Waals surface area contributed by atoms with Crippen LogP contribution in [0.5, 0.6) is 0 Å². The Morgan fingerprint density at radius 1 is 1.62 bits per heavy atom. The maximum atomic E-state index is 4.24. The van der Waals surface area contributed by atoms with Gasteiger partial charge in [-0.25, -0.2) is 0 Å². The number of aliphatic imine (C=N–C) groups is 1. The smallest absolute Gasteiger partial charge is 0.0839 e. The Balaban J connectivity index is 2.83. The molecule has 0 aliphatic rings. The molecule has 0 unspecified atom stereocenters. The van der Waals surface area contributed by atoms with E-state index in [1.165, 1.54) is 5.56 Å². The number of pyridine rings is 1. The van der Waals surface area contributed by atoms with Crippen molar-refractivity contribution in [2.75, 3.05) is 7.05 Å². The lowest BCUT2D eigenvalue weighted by Crippen LogP contribution is -1.95. The fourth-order valence-corrected chi connectivity index (χ4v) is 1.16. The SMILES string of the molecule is C=CCCc1cccnc1C=NC. The summed E-state index contributed by atoms with van der Waals surface area (Å²) < 4.78 is 0. The van der Waals surface area contributed by atoms with Gasteiger partial charge in [0, 0.05) is 19.5 Å². The second-order valence-corrected chi connectivity index (χ2v) is 2.76. The highest BCUT2D eigenvalue weighted by molar-refractivity contribution is 5.78. The standard InChI is InChI=1S/C11H14N2/c1-3-4-6-10-7-5-8-13-11(10)9-12-2/h3,5,7-9H,1,4,6H2,2H3. The van der Waals surface area contributed by atoms with Crippen molar-refractivity contribution < 1.29 is 0 Å². The van der Waals surface area contributed by atoms with Crippen LogP contribution in [0.3, 0.4) is 0 Å². The average molecular weight is 174 g/mol. The van der Waals surface area contributed by atoms with Crippen LogP contribution >= 0.6 is 0 Å². The van der Waals surface area contributed by atoms with Crippen molar-refractivity contribution in [3.8, 4) is 0 Å². The molecule has 0 spiro atoms. The molecule has 13 heavy (non-hydrogen) atoms. The first-order chi connectivity index (χ1) is 6.38. The molecule has 2 nitrogen and oxygen atoms in total. The molecule has 0 saturated carbocycles. The summed E-state index contributed by atoms with van der Waals surface area (Å²) in [4.78, 5) is 8.20. The van der Waals surface area contributed by atoms with Gasteiger partial charge in [-0.15, -0.1) is 6.58 Å². The highest BCUT2D eigenvalue weighted by Gasteiger charge is 1.98. The van der Waals surface area contributed by atoms with Crippen LogP contribution in [0.15, 0.2) is 36.0 Å². The second kappa shape index (κ2) is 5.25. The van der Waals surface area contributed by atoms with Crippen LogP contribution in [0, 0.1) is 0 Å². The number of allylic oxidation sites excluding steroid dienone is 1. The van der Waals surface area contributed by atoms with Gasteiger partial charge in [0.15, 0.2) is 0 Å². The van der Waals surface area contributed by atoms with E-state index in [1.807, 2.05) is 12.1 Å². The van der Waals surface area contributed by atoms with E-state index in [-0.39, 0.29) is 0 Å². The molecule has 0 saturated heterocycles. The van der Waals surface area contributed by atoms with E-state index in [0.717, 1.165) is 18.5 Å². The molecule has 0 aromatic carbocycles. The molecule has 1 heterocycles. The minimum Gasteiger partial charge on any atom is -0.294 e. The number of hydrogen-bond acceptors (Lipinski definition) is 2. The van der Waals surface area contributed by atoms with E-state index >= 15 is 0 Å². The first-order valence-electron chi connectivity index (χ1n) is 4.35. The maximum Gasteiger partial charge on any atom is 0.0839 e. The summed E-state index contributed by atoms with van der Waals surface area (Å²) in [6.07, 6.45) is 7.46. The third kappa shape index (κ3) is 2.82. The molecule has 68 valence electrons. The molecule has 0 aliphatic heterocycles. The largest absolute Gasteiger partial charge is 0.294 e. The van der Waals surface area contributed by atoms with E-state index in [2.05, 4.69) is 22.6 Å². The van der Waals surface area contributed by atoms with Crippen molar-refractivity contribution >= 4 is 6.21 Å². The van der Waals surface area contributed by atoms with Crippen LogP contribution in [0.2, 0.25) is 0 Å². The Hall–Kier alpha value is -1.44. The first-order valence-corrected chi connectivity index (χ1v) is 4.35. The Morgan fingerprint density at radius 3 is 3.15 bits per heavy atom. The van der Waals surface area contributed by atoms with E-state index in [9.17, 15) is 0 Å². The van der Waals surface area contributed by atoms with Crippen molar-refractivity contribution in [1.29, 1.82) is 0 Å². The van der Waals surface area contributed by atoms with Crippen LogP contribution in [-0.4, -0.2) is 18.2 Å². The van der Waals surface area contributed by atoms with Gasteiger partial charge in [0.2, 0.25) is 0 Å². The Labute approximate surface area is 79.0 Å². The zero-order valence-corrected chi connectivity index (χ0v) is 7.90. The molecule has 0 bridgehead atoms. The Morgan fingerprint density at radius 2 is 2.46 bits per heavy atom. The van der Waals surface area contributed by atoms with Gasteiger partial charge in [0.25, 0.3) is 0 Å². The molecule has 0 N–H and O–H groups in total. The van der Waals surface area contributed by atoms with Crippen molar-refractivity contribution in [3.63, 3.8) is 0 Å². The number of aryl methyl sites for hydroxylation is 1. The van der Waals surface area contributed by atoms with Gasteiger partial charge < -0.3 is 0 Å².